The summed E-state index contributed by atoms with van der Waals surface area (Å²) < 4.78 is 0. The van der Waals surface area contributed by atoms with E-state index in [0.717, 1.165) is 31.9 Å². The van der Waals surface area contributed by atoms with Gasteiger partial charge in [-0.15, -0.1) is 0 Å². The molecule has 3 rings (SSSR count). The van der Waals surface area contributed by atoms with Crippen molar-refractivity contribution in [3.63, 3.8) is 0 Å². The lowest BCUT2D eigenvalue weighted by Gasteiger charge is -2.36. The minimum atomic E-state index is 0.414. The van der Waals surface area contributed by atoms with Gasteiger partial charge in [0.05, 0.1) is 11.9 Å². The molecule has 1 atom stereocenters. The van der Waals surface area contributed by atoms with E-state index < -0.39 is 0 Å². The van der Waals surface area contributed by atoms with Gasteiger partial charge >= 0.3 is 0 Å². The highest BCUT2D eigenvalue weighted by molar-refractivity contribution is 5.20. The zero-order valence-corrected chi connectivity index (χ0v) is 11.2. The smallest absolute Gasteiger partial charge is 0.0967 e. The monoisotopic (exact) mass is 257 g/mol. The van der Waals surface area contributed by atoms with E-state index in [-0.39, 0.29) is 0 Å². The van der Waals surface area contributed by atoms with Crippen molar-refractivity contribution < 1.29 is 0 Å². The topological polar surface area (TPSA) is 46.0 Å². The summed E-state index contributed by atoms with van der Waals surface area (Å²) in [4.78, 5) is 4.09. The van der Waals surface area contributed by atoms with Gasteiger partial charge < -0.3 is 5.32 Å². The highest BCUT2D eigenvalue weighted by Crippen LogP contribution is 2.23. The lowest BCUT2D eigenvalue weighted by atomic mass is 10.0. The number of hydrogen-bond donors (Lipinski definition) is 1. The van der Waals surface area contributed by atoms with Crippen LogP contribution in [0.4, 0.5) is 0 Å². The first-order chi connectivity index (χ1) is 9.33. The zero-order valence-electron chi connectivity index (χ0n) is 11.2. The molecule has 1 aliphatic heterocycles. The van der Waals surface area contributed by atoms with Crippen molar-refractivity contribution in [1.82, 2.24) is 25.2 Å². The molecule has 2 heterocycles. The lowest BCUT2D eigenvalue weighted by molar-refractivity contribution is 0.151. The summed E-state index contributed by atoms with van der Waals surface area (Å²) in [6.07, 6.45) is 1.85. The Balaban J connectivity index is 1.77. The van der Waals surface area contributed by atoms with Gasteiger partial charge in [-0.3, -0.25) is 4.90 Å². The fourth-order valence-electron chi connectivity index (χ4n) is 2.61. The molecular weight excluding hydrogens is 238 g/mol. The Kier molecular flexibility index (Phi) is 3.57. The number of benzene rings is 1. The third-order valence-electron chi connectivity index (χ3n) is 3.55. The van der Waals surface area contributed by atoms with Crippen molar-refractivity contribution in [2.75, 3.05) is 19.6 Å². The Bertz CT molecular complexity index is 522. The number of rotatable bonds is 3. The molecule has 100 valence electrons. The SMILES string of the molecule is Cn1ncc(CN2CCNCC2c2ccccc2)n1. The van der Waals surface area contributed by atoms with Crippen LogP contribution in [-0.2, 0) is 13.6 Å². The van der Waals surface area contributed by atoms with E-state index in [1.807, 2.05) is 13.2 Å². The second-order valence-corrected chi connectivity index (χ2v) is 4.93. The Hall–Kier alpha value is -1.72. The first kappa shape index (κ1) is 12.3. The summed E-state index contributed by atoms with van der Waals surface area (Å²) in [5.41, 5.74) is 2.39. The van der Waals surface area contributed by atoms with E-state index >= 15 is 0 Å². The van der Waals surface area contributed by atoms with Gasteiger partial charge in [0.25, 0.3) is 0 Å². The average molecular weight is 257 g/mol. The molecule has 1 aromatic heterocycles. The maximum Gasteiger partial charge on any atom is 0.0967 e. The Morgan fingerprint density at radius 1 is 1.32 bits per heavy atom. The molecule has 0 aliphatic carbocycles. The highest BCUT2D eigenvalue weighted by Gasteiger charge is 2.24. The largest absolute Gasteiger partial charge is 0.314 e. The van der Waals surface area contributed by atoms with Crippen LogP contribution in [0.3, 0.4) is 0 Å². The van der Waals surface area contributed by atoms with E-state index in [2.05, 4.69) is 50.7 Å². The van der Waals surface area contributed by atoms with Gasteiger partial charge in [-0.1, -0.05) is 30.3 Å². The second kappa shape index (κ2) is 5.50. The Morgan fingerprint density at radius 2 is 2.16 bits per heavy atom. The van der Waals surface area contributed by atoms with E-state index in [1.54, 1.807) is 4.80 Å². The Morgan fingerprint density at radius 3 is 2.89 bits per heavy atom. The minimum absolute atomic E-state index is 0.414. The fourth-order valence-corrected chi connectivity index (χ4v) is 2.61. The van der Waals surface area contributed by atoms with Crippen molar-refractivity contribution in [2.24, 2.45) is 7.05 Å². The average Bonchev–Trinajstić information content (AvgIpc) is 2.86. The van der Waals surface area contributed by atoms with E-state index in [0.29, 0.717) is 6.04 Å². The summed E-state index contributed by atoms with van der Waals surface area (Å²) >= 11 is 0. The van der Waals surface area contributed by atoms with Gasteiger partial charge in [-0.05, 0) is 5.56 Å². The van der Waals surface area contributed by atoms with Crippen LogP contribution in [0.5, 0.6) is 0 Å². The van der Waals surface area contributed by atoms with Gasteiger partial charge in [0, 0.05) is 39.3 Å². The van der Waals surface area contributed by atoms with Crippen LogP contribution in [0.15, 0.2) is 36.5 Å². The van der Waals surface area contributed by atoms with E-state index in [4.69, 9.17) is 0 Å². The van der Waals surface area contributed by atoms with Gasteiger partial charge in [-0.2, -0.15) is 15.0 Å². The van der Waals surface area contributed by atoms with Gasteiger partial charge in [-0.25, -0.2) is 0 Å². The molecule has 0 radical (unpaired) electrons. The number of aryl methyl sites for hydroxylation is 1. The molecule has 0 amide bonds. The summed E-state index contributed by atoms with van der Waals surface area (Å²) in [6, 6.07) is 11.1. The predicted octanol–water partition coefficient (Wildman–Crippen LogP) is 0.962. The lowest BCUT2D eigenvalue weighted by Crippen LogP contribution is -2.45. The van der Waals surface area contributed by atoms with Crippen LogP contribution in [-0.4, -0.2) is 39.5 Å². The molecule has 0 saturated carbocycles. The van der Waals surface area contributed by atoms with E-state index in [9.17, 15) is 0 Å². The molecule has 1 aliphatic rings. The van der Waals surface area contributed by atoms with Crippen molar-refractivity contribution in [1.29, 1.82) is 0 Å². The second-order valence-electron chi connectivity index (χ2n) is 4.93. The van der Waals surface area contributed by atoms with Crippen LogP contribution in [0.25, 0.3) is 0 Å². The maximum atomic E-state index is 4.38. The number of hydrogen-bond acceptors (Lipinski definition) is 4. The number of piperazine rings is 1. The predicted molar refractivity (Wildman–Crippen MR) is 73.5 cm³/mol. The summed E-state index contributed by atoms with van der Waals surface area (Å²) in [5, 5.41) is 12.0. The highest BCUT2D eigenvalue weighted by atomic mass is 15.5. The van der Waals surface area contributed by atoms with Crippen molar-refractivity contribution in [2.45, 2.75) is 12.6 Å². The van der Waals surface area contributed by atoms with Crippen molar-refractivity contribution in [3.05, 3.63) is 47.8 Å². The van der Waals surface area contributed by atoms with E-state index in [1.165, 1.54) is 5.56 Å². The zero-order chi connectivity index (χ0) is 13.1. The number of aromatic nitrogens is 3. The fraction of sp³-hybridized carbons (Fsp3) is 0.429. The van der Waals surface area contributed by atoms with Crippen molar-refractivity contribution in [3.8, 4) is 0 Å². The molecule has 5 nitrogen and oxygen atoms in total. The molecule has 1 saturated heterocycles. The van der Waals surface area contributed by atoms with Crippen LogP contribution in [0.1, 0.15) is 17.3 Å². The van der Waals surface area contributed by atoms with Gasteiger partial charge in [0.15, 0.2) is 0 Å². The molecule has 0 bridgehead atoms. The quantitative estimate of drug-likeness (QED) is 0.889. The molecule has 5 heteroatoms. The molecule has 0 spiro atoms. The summed E-state index contributed by atoms with van der Waals surface area (Å²) in [7, 11) is 1.86. The van der Waals surface area contributed by atoms with Crippen LogP contribution in [0, 0.1) is 0 Å². The number of nitrogens with one attached hydrogen (secondary N) is 1. The number of nitrogens with zero attached hydrogens (tertiary/aromatic N) is 4. The Labute approximate surface area is 113 Å². The molecule has 1 unspecified atom stereocenters. The van der Waals surface area contributed by atoms with Crippen molar-refractivity contribution >= 4 is 0 Å². The normalized spacial score (nSPS) is 20.6. The molecule has 1 aromatic carbocycles. The molecular formula is C14H19N5. The van der Waals surface area contributed by atoms with Crippen LogP contribution < -0.4 is 5.32 Å². The molecule has 1 fully saturated rings. The first-order valence-electron chi connectivity index (χ1n) is 6.68. The van der Waals surface area contributed by atoms with Gasteiger partial charge in [0.2, 0.25) is 0 Å². The summed E-state index contributed by atoms with van der Waals surface area (Å²) in [5.74, 6) is 0. The molecule has 1 N–H and O–H groups in total. The third kappa shape index (κ3) is 2.83. The third-order valence-corrected chi connectivity index (χ3v) is 3.55. The van der Waals surface area contributed by atoms with Crippen LogP contribution in [0.2, 0.25) is 0 Å². The van der Waals surface area contributed by atoms with Gasteiger partial charge in [0.1, 0.15) is 0 Å². The summed E-state index contributed by atoms with van der Waals surface area (Å²) in [6.45, 7) is 3.92. The minimum Gasteiger partial charge on any atom is -0.314 e. The standard InChI is InChI=1S/C14H19N5/c1-18-16-9-13(17-18)11-19-8-7-15-10-14(19)12-5-3-2-4-6-12/h2-6,9,14-15H,7-8,10-11H2,1H3. The maximum absolute atomic E-state index is 4.38. The molecule has 19 heavy (non-hydrogen) atoms. The van der Waals surface area contributed by atoms with Crippen LogP contribution >= 0.6 is 0 Å². The molecule has 2 aromatic rings. The first-order valence-corrected chi connectivity index (χ1v) is 6.68.